The smallest absolute Gasteiger partial charge is 0.269 e. The van der Waals surface area contributed by atoms with Gasteiger partial charge < -0.3 is 4.90 Å². The highest BCUT2D eigenvalue weighted by molar-refractivity contribution is 7.89. The quantitative estimate of drug-likeness (QED) is 0.588. The Kier molecular flexibility index (Phi) is 6.12. The maximum absolute atomic E-state index is 13.0. The van der Waals surface area contributed by atoms with Crippen molar-refractivity contribution in [3.63, 3.8) is 0 Å². The van der Waals surface area contributed by atoms with Crippen LogP contribution in [0.4, 0.5) is 0 Å². The fourth-order valence-electron chi connectivity index (χ4n) is 3.86. The van der Waals surface area contributed by atoms with Gasteiger partial charge in [-0.1, -0.05) is 38.1 Å². The van der Waals surface area contributed by atoms with Crippen LogP contribution in [0.2, 0.25) is 0 Å². The van der Waals surface area contributed by atoms with E-state index < -0.39 is 10.0 Å². The molecule has 9 heteroatoms. The first-order valence-electron chi connectivity index (χ1n) is 10.6. The number of amides is 1. The Morgan fingerprint density at radius 3 is 2.31 bits per heavy atom. The summed E-state index contributed by atoms with van der Waals surface area (Å²) >= 11 is 0. The van der Waals surface area contributed by atoms with E-state index in [-0.39, 0.29) is 49.1 Å². The minimum absolute atomic E-state index is 0.106. The summed E-state index contributed by atoms with van der Waals surface area (Å²) in [6.45, 7) is 4.99. The number of benzene rings is 2. The lowest BCUT2D eigenvalue weighted by Crippen LogP contribution is -2.51. The molecule has 2 heterocycles. The number of sulfonamides is 1. The van der Waals surface area contributed by atoms with Crippen molar-refractivity contribution in [1.82, 2.24) is 18.8 Å². The molecule has 1 fully saturated rings. The van der Waals surface area contributed by atoms with Crippen LogP contribution in [0.5, 0.6) is 0 Å². The van der Waals surface area contributed by atoms with Gasteiger partial charge in [-0.15, -0.1) is 0 Å². The molecular formula is C23H26N4O4S. The van der Waals surface area contributed by atoms with Gasteiger partial charge in [0.15, 0.2) is 0 Å². The average Bonchev–Trinajstić information content (AvgIpc) is 2.81. The van der Waals surface area contributed by atoms with Gasteiger partial charge in [0.1, 0.15) is 6.54 Å². The van der Waals surface area contributed by atoms with Gasteiger partial charge in [0.25, 0.3) is 5.56 Å². The Balaban J connectivity index is 1.44. The van der Waals surface area contributed by atoms with Gasteiger partial charge in [-0.05, 0) is 35.7 Å². The third-order valence-corrected chi connectivity index (χ3v) is 7.73. The largest absolute Gasteiger partial charge is 0.338 e. The van der Waals surface area contributed by atoms with Crippen LogP contribution >= 0.6 is 0 Å². The predicted molar refractivity (Wildman–Crippen MR) is 122 cm³/mol. The van der Waals surface area contributed by atoms with Crippen LogP contribution in [0, 0.1) is 0 Å². The molecule has 4 rings (SSSR count). The van der Waals surface area contributed by atoms with Crippen molar-refractivity contribution >= 4 is 27.0 Å². The van der Waals surface area contributed by atoms with Crippen molar-refractivity contribution in [3.05, 3.63) is 70.6 Å². The zero-order valence-electron chi connectivity index (χ0n) is 18.1. The molecule has 0 saturated carbocycles. The lowest BCUT2D eigenvalue weighted by atomic mass is 10.0. The van der Waals surface area contributed by atoms with Crippen LogP contribution in [-0.2, 0) is 21.4 Å². The molecule has 0 radical (unpaired) electrons. The van der Waals surface area contributed by atoms with Gasteiger partial charge in [0.2, 0.25) is 15.9 Å². The van der Waals surface area contributed by atoms with Crippen molar-refractivity contribution in [1.29, 1.82) is 0 Å². The summed E-state index contributed by atoms with van der Waals surface area (Å²) in [5.74, 6) is 0.105. The highest BCUT2D eigenvalue weighted by atomic mass is 32.2. The molecule has 0 N–H and O–H groups in total. The third kappa shape index (κ3) is 4.31. The van der Waals surface area contributed by atoms with Crippen molar-refractivity contribution in [2.75, 3.05) is 26.2 Å². The standard InChI is InChI=1S/C23H26N4O4S/c1-17(2)18-7-9-19(10-8-18)32(30,31)26-13-11-25(12-14-26)23(29)16-27-21-6-4-3-5-20(21)24-15-22(27)28/h3-10,15,17H,11-14,16H2,1-2H3. The molecule has 1 amide bonds. The second-order valence-electron chi connectivity index (χ2n) is 8.18. The molecule has 0 atom stereocenters. The summed E-state index contributed by atoms with van der Waals surface area (Å²) < 4.78 is 28.8. The molecule has 1 aliphatic rings. The van der Waals surface area contributed by atoms with Crippen molar-refractivity contribution < 1.29 is 13.2 Å². The molecule has 32 heavy (non-hydrogen) atoms. The van der Waals surface area contributed by atoms with Crippen molar-refractivity contribution in [2.24, 2.45) is 0 Å². The molecule has 3 aromatic rings. The van der Waals surface area contributed by atoms with Crippen LogP contribution in [0.1, 0.15) is 25.3 Å². The number of para-hydroxylation sites is 2. The second-order valence-corrected chi connectivity index (χ2v) is 10.1. The predicted octanol–water partition coefficient (Wildman–Crippen LogP) is 2.05. The Bertz CT molecular complexity index is 1290. The van der Waals surface area contributed by atoms with Gasteiger partial charge in [0.05, 0.1) is 22.1 Å². The number of piperazine rings is 1. The monoisotopic (exact) mass is 454 g/mol. The number of nitrogens with zero attached hydrogens (tertiary/aromatic N) is 4. The lowest BCUT2D eigenvalue weighted by molar-refractivity contribution is -0.133. The Morgan fingerprint density at radius 2 is 1.66 bits per heavy atom. The maximum atomic E-state index is 13.0. The number of fused-ring (bicyclic) bond motifs is 1. The molecule has 1 saturated heterocycles. The van der Waals surface area contributed by atoms with Crippen LogP contribution in [0.3, 0.4) is 0 Å². The third-order valence-electron chi connectivity index (χ3n) is 5.82. The lowest BCUT2D eigenvalue weighted by Gasteiger charge is -2.34. The zero-order chi connectivity index (χ0) is 22.9. The molecule has 0 spiro atoms. The molecular weight excluding hydrogens is 428 g/mol. The Morgan fingerprint density at radius 1 is 1.00 bits per heavy atom. The first-order valence-corrected chi connectivity index (χ1v) is 12.0. The minimum atomic E-state index is -3.62. The van der Waals surface area contributed by atoms with E-state index in [1.807, 2.05) is 18.2 Å². The summed E-state index contributed by atoms with van der Waals surface area (Å²) in [5.41, 5.74) is 1.97. The molecule has 0 aliphatic carbocycles. The normalized spacial score (nSPS) is 15.4. The number of aromatic nitrogens is 2. The van der Waals surface area contributed by atoms with E-state index >= 15 is 0 Å². The van der Waals surface area contributed by atoms with Gasteiger partial charge in [-0.2, -0.15) is 4.31 Å². The number of hydrogen-bond acceptors (Lipinski definition) is 5. The molecule has 8 nitrogen and oxygen atoms in total. The van der Waals surface area contributed by atoms with E-state index in [4.69, 9.17) is 0 Å². The van der Waals surface area contributed by atoms with Crippen LogP contribution in [0.25, 0.3) is 11.0 Å². The molecule has 2 aromatic carbocycles. The van der Waals surface area contributed by atoms with E-state index in [0.717, 1.165) is 5.56 Å². The molecule has 0 unspecified atom stereocenters. The van der Waals surface area contributed by atoms with Crippen molar-refractivity contribution in [3.8, 4) is 0 Å². The molecule has 1 aliphatic heterocycles. The summed E-state index contributed by atoms with van der Waals surface area (Å²) in [6, 6.07) is 14.1. The number of carbonyl (C=O) groups excluding carboxylic acids is 1. The second kappa shape index (κ2) is 8.84. The SMILES string of the molecule is CC(C)c1ccc(S(=O)(=O)N2CCN(C(=O)Cn3c(=O)cnc4ccccc43)CC2)cc1. The van der Waals surface area contributed by atoms with E-state index in [1.165, 1.54) is 15.1 Å². The van der Waals surface area contributed by atoms with Crippen LogP contribution < -0.4 is 5.56 Å². The Labute approximate surface area is 187 Å². The van der Waals surface area contributed by atoms with Gasteiger partial charge in [0, 0.05) is 26.2 Å². The van der Waals surface area contributed by atoms with Gasteiger partial charge >= 0.3 is 0 Å². The summed E-state index contributed by atoms with van der Waals surface area (Å²) in [7, 11) is -3.62. The van der Waals surface area contributed by atoms with Crippen LogP contribution in [-0.4, -0.2) is 59.3 Å². The topological polar surface area (TPSA) is 92.6 Å². The average molecular weight is 455 g/mol. The van der Waals surface area contributed by atoms with E-state index in [2.05, 4.69) is 18.8 Å². The van der Waals surface area contributed by atoms with E-state index in [1.54, 1.807) is 35.2 Å². The highest BCUT2D eigenvalue weighted by Crippen LogP contribution is 2.21. The zero-order valence-corrected chi connectivity index (χ0v) is 19.0. The number of carbonyl (C=O) groups is 1. The number of rotatable bonds is 5. The minimum Gasteiger partial charge on any atom is -0.338 e. The maximum Gasteiger partial charge on any atom is 0.269 e. The fourth-order valence-corrected chi connectivity index (χ4v) is 5.29. The first-order chi connectivity index (χ1) is 15.3. The van der Waals surface area contributed by atoms with E-state index in [0.29, 0.717) is 17.0 Å². The Hall–Kier alpha value is -3.04. The number of hydrogen-bond donors (Lipinski definition) is 0. The summed E-state index contributed by atoms with van der Waals surface area (Å²) in [6.07, 6.45) is 1.21. The van der Waals surface area contributed by atoms with Gasteiger partial charge in [-0.25, -0.2) is 13.4 Å². The molecule has 0 bridgehead atoms. The summed E-state index contributed by atoms with van der Waals surface area (Å²) in [4.78, 5) is 31.1. The highest BCUT2D eigenvalue weighted by Gasteiger charge is 2.30. The fraction of sp³-hybridized carbons (Fsp3) is 0.348. The van der Waals surface area contributed by atoms with Crippen molar-refractivity contribution in [2.45, 2.75) is 31.2 Å². The van der Waals surface area contributed by atoms with E-state index in [9.17, 15) is 18.0 Å². The summed E-state index contributed by atoms with van der Waals surface area (Å²) in [5, 5.41) is 0. The molecule has 1 aromatic heterocycles. The van der Waals surface area contributed by atoms with Gasteiger partial charge in [-0.3, -0.25) is 14.2 Å². The van der Waals surface area contributed by atoms with Crippen LogP contribution in [0.15, 0.2) is 64.4 Å². The first kappa shape index (κ1) is 22.2. The molecule has 168 valence electrons.